The quantitative estimate of drug-likeness (QED) is 0.536. The monoisotopic (exact) mass is 472 g/mol. The van der Waals surface area contributed by atoms with Gasteiger partial charge in [0.25, 0.3) is 0 Å². The summed E-state index contributed by atoms with van der Waals surface area (Å²) < 4.78 is 7.41. The third kappa shape index (κ3) is 4.91. The molecular weight excluding hydrogens is 436 g/mol. The summed E-state index contributed by atoms with van der Waals surface area (Å²) in [4.78, 5) is 7.00. The maximum atomic E-state index is 5.52. The lowest BCUT2D eigenvalue weighted by atomic mass is 9.83. The number of benzene rings is 1. The highest BCUT2D eigenvalue weighted by atomic mass is 16.5. The van der Waals surface area contributed by atoms with E-state index in [-0.39, 0.29) is 0 Å². The van der Waals surface area contributed by atoms with Gasteiger partial charge in [0, 0.05) is 55.7 Å². The van der Waals surface area contributed by atoms with E-state index in [9.17, 15) is 0 Å². The van der Waals surface area contributed by atoms with Crippen molar-refractivity contribution in [1.82, 2.24) is 30.1 Å². The van der Waals surface area contributed by atoms with Crippen molar-refractivity contribution in [1.29, 1.82) is 0 Å². The van der Waals surface area contributed by atoms with Gasteiger partial charge in [-0.25, -0.2) is 9.50 Å². The number of aromatic nitrogens is 3. The van der Waals surface area contributed by atoms with E-state index in [1.54, 1.807) is 7.11 Å². The number of rotatable bonds is 7. The minimum atomic E-state index is 0.410. The minimum absolute atomic E-state index is 0.410. The second kappa shape index (κ2) is 10.1. The van der Waals surface area contributed by atoms with Crippen molar-refractivity contribution in [3.05, 3.63) is 66.6 Å². The van der Waals surface area contributed by atoms with Crippen molar-refractivity contribution in [2.75, 3.05) is 33.3 Å². The highest BCUT2D eigenvalue weighted by molar-refractivity contribution is 5.68. The van der Waals surface area contributed by atoms with Crippen LogP contribution < -0.4 is 15.4 Å². The number of ether oxygens (including phenoxy) is 1. The molecule has 0 unspecified atom stereocenters. The summed E-state index contributed by atoms with van der Waals surface area (Å²) in [5, 5.41) is 11.9. The molecule has 0 bridgehead atoms. The molecule has 0 amide bonds. The van der Waals surface area contributed by atoms with Gasteiger partial charge in [0.2, 0.25) is 0 Å². The molecule has 2 fully saturated rings. The largest absolute Gasteiger partial charge is 0.496 e. The summed E-state index contributed by atoms with van der Waals surface area (Å²) in [7, 11) is 1.70. The number of nitrogens with one attached hydrogen (secondary N) is 2. The summed E-state index contributed by atoms with van der Waals surface area (Å²) in [5.74, 6) is 1.45. The van der Waals surface area contributed by atoms with Crippen LogP contribution in [0.1, 0.15) is 36.9 Å². The SMILES string of the molecule is C=C(N[C@H]1CC[C@@H](C(=C)N2CCNCC2)CC1)c1cc2nccc(-c3ccc(C)c(OC)c3)n2n1. The molecule has 1 aliphatic heterocycles. The van der Waals surface area contributed by atoms with Gasteiger partial charge in [-0.15, -0.1) is 0 Å². The topological polar surface area (TPSA) is 66.7 Å². The van der Waals surface area contributed by atoms with Crippen LogP contribution in [0.25, 0.3) is 22.6 Å². The number of piperazine rings is 1. The molecule has 0 radical (unpaired) electrons. The molecule has 35 heavy (non-hydrogen) atoms. The molecule has 3 heterocycles. The van der Waals surface area contributed by atoms with Gasteiger partial charge in [0.05, 0.1) is 18.5 Å². The zero-order chi connectivity index (χ0) is 24.4. The molecule has 1 aliphatic carbocycles. The Labute approximate surface area is 207 Å². The molecule has 1 aromatic carbocycles. The van der Waals surface area contributed by atoms with E-state index < -0.39 is 0 Å². The molecule has 1 saturated heterocycles. The standard InChI is InChI=1S/C28H36N6O/c1-19-5-6-23(17-27(19)35-4)26-11-12-30-28-18-25(32-34(26)28)20(2)31-24-9-7-22(8-10-24)21(3)33-15-13-29-14-16-33/h5-6,11-12,17-18,22,24,29,31H,2-3,7-10,13-16H2,1,4H3/t22-,24+. The predicted octanol–water partition coefficient (Wildman–Crippen LogP) is 4.25. The number of hydrogen-bond donors (Lipinski definition) is 2. The van der Waals surface area contributed by atoms with Crippen LogP contribution in [0, 0.1) is 12.8 Å². The van der Waals surface area contributed by atoms with E-state index >= 15 is 0 Å². The number of fused-ring (bicyclic) bond motifs is 1. The Kier molecular flexibility index (Phi) is 6.77. The van der Waals surface area contributed by atoms with Crippen molar-refractivity contribution in [3.8, 4) is 17.0 Å². The molecule has 2 aliphatic rings. The average molecular weight is 473 g/mol. The fourth-order valence-electron chi connectivity index (χ4n) is 5.34. The Morgan fingerprint density at radius 1 is 1.09 bits per heavy atom. The normalized spacial score (nSPS) is 20.6. The number of methoxy groups -OCH3 is 1. The Balaban J connectivity index is 1.25. The van der Waals surface area contributed by atoms with Crippen molar-refractivity contribution in [2.45, 2.75) is 38.6 Å². The van der Waals surface area contributed by atoms with Crippen LogP contribution in [0.5, 0.6) is 5.75 Å². The number of nitrogens with zero attached hydrogens (tertiary/aromatic N) is 4. The van der Waals surface area contributed by atoms with Gasteiger partial charge in [0.15, 0.2) is 5.65 Å². The first kappa shape index (κ1) is 23.4. The molecular formula is C28H36N6O. The lowest BCUT2D eigenvalue weighted by Gasteiger charge is -2.38. The minimum Gasteiger partial charge on any atom is -0.496 e. The van der Waals surface area contributed by atoms with Gasteiger partial charge in [-0.05, 0) is 56.2 Å². The lowest BCUT2D eigenvalue weighted by molar-refractivity contribution is 0.234. The van der Waals surface area contributed by atoms with Crippen LogP contribution in [-0.4, -0.2) is 58.8 Å². The summed E-state index contributed by atoms with van der Waals surface area (Å²) in [6, 6.07) is 10.6. The van der Waals surface area contributed by atoms with Crippen LogP contribution in [0.3, 0.4) is 0 Å². The van der Waals surface area contributed by atoms with E-state index in [2.05, 4.69) is 45.8 Å². The third-order valence-electron chi connectivity index (χ3n) is 7.47. The van der Waals surface area contributed by atoms with Crippen LogP contribution in [-0.2, 0) is 0 Å². The van der Waals surface area contributed by atoms with Gasteiger partial charge in [0.1, 0.15) is 11.4 Å². The number of allylic oxidation sites excluding steroid dienone is 1. The molecule has 1 saturated carbocycles. The van der Waals surface area contributed by atoms with Gasteiger partial charge in [-0.2, -0.15) is 5.10 Å². The van der Waals surface area contributed by atoms with Crippen LogP contribution in [0.15, 0.2) is 55.4 Å². The van der Waals surface area contributed by atoms with Gasteiger partial charge >= 0.3 is 0 Å². The van der Waals surface area contributed by atoms with Crippen LogP contribution in [0.2, 0.25) is 0 Å². The van der Waals surface area contributed by atoms with Crippen molar-refractivity contribution in [2.24, 2.45) is 5.92 Å². The molecule has 7 heteroatoms. The first-order valence-corrected chi connectivity index (χ1v) is 12.6. The van der Waals surface area contributed by atoms with Gasteiger partial charge < -0.3 is 20.3 Å². The molecule has 2 N–H and O–H groups in total. The average Bonchev–Trinajstić information content (AvgIpc) is 3.34. The molecule has 184 valence electrons. The van der Waals surface area contributed by atoms with Crippen molar-refractivity contribution >= 4 is 11.3 Å². The fourth-order valence-corrected chi connectivity index (χ4v) is 5.34. The zero-order valence-corrected chi connectivity index (χ0v) is 20.9. The summed E-state index contributed by atoms with van der Waals surface area (Å²) in [5.41, 5.74) is 6.93. The smallest absolute Gasteiger partial charge is 0.156 e. The van der Waals surface area contributed by atoms with Gasteiger partial charge in [-0.1, -0.05) is 25.3 Å². The van der Waals surface area contributed by atoms with Gasteiger partial charge in [-0.3, -0.25) is 0 Å². The Bertz CT molecular complexity index is 1220. The Morgan fingerprint density at radius 3 is 2.60 bits per heavy atom. The molecule has 3 aromatic rings. The highest BCUT2D eigenvalue weighted by Crippen LogP contribution is 2.32. The molecule has 0 atom stereocenters. The number of aryl methyl sites for hydroxylation is 1. The highest BCUT2D eigenvalue weighted by Gasteiger charge is 2.26. The third-order valence-corrected chi connectivity index (χ3v) is 7.47. The molecule has 2 aromatic heterocycles. The molecule has 0 spiro atoms. The second-order valence-corrected chi connectivity index (χ2v) is 9.71. The van der Waals surface area contributed by atoms with Crippen LogP contribution in [0.4, 0.5) is 0 Å². The predicted molar refractivity (Wildman–Crippen MR) is 141 cm³/mol. The maximum absolute atomic E-state index is 5.52. The van der Waals surface area contributed by atoms with E-state index in [0.29, 0.717) is 12.0 Å². The van der Waals surface area contributed by atoms with E-state index in [1.807, 2.05) is 35.8 Å². The lowest BCUT2D eigenvalue weighted by Crippen LogP contribution is -2.44. The van der Waals surface area contributed by atoms with Crippen molar-refractivity contribution < 1.29 is 4.74 Å². The van der Waals surface area contributed by atoms with E-state index in [1.165, 1.54) is 18.5 Å². The molecule has 5 rings (SSSR count). The van der Waals surface area contributed by atoms with E-state index in [0.717, 1.165) is 78.6 Å². The zero-order valence-electron chi connectivity index (χ0n) is 20.9. The maximum Gasteiger partial charge on any atom is 0.156 e. The summed E-state index contributed by atoms with van der Waals surface area (Å²) >= 11 is 0. The molecule has 7 nitrogen and oxygen atoms in total. The number of hydrogen-bond acceptors (Lipinski definition) is 6. The first-order valence-electron chi connectivity index (χ1n) is 12.6. The summed E-state index contributed by atoms with van der Waals surface area (Å²) in [6.45, 7) is 15.1. The van der Waals surface area contributed by atoms with Crippen LogP contribution >= 0.6 is 0 Å². The Hall–Kier alpha value is -3.32. The fraction of sp³-hybridized carbons (Fsp3) is 0.429. The summed E-state index contributed by atoms with van der Waals surface area (Å²) in [6.07, 6.45) is 6.40. The van der Waals surface area contributed by atoms with Crippen molar-refractivity contribution in [3.63, 3.8) is 0 Å². The Morgan fingerprint density at radius 2 is 1.86 bits per heavy atom. The second-order valence-electron chi connectivity index (χ2n) is 9.71. The first-order chi connectivity index (χ1) is 17.0. The van der Waals surface area contributed by atoms with E-state index in [4.69, 9.17) is 9.84 Å².